The van der Waals surface area contributed by atoms with Gasteiger partial charge < -0.3 is 15.2 Å². The molecule has 2 aromatic carbocycles. The molecule has 2 unspecified atom stereocenters. The first-order valence-corrected chi connectivity index (χ1v) is 7.12. The van der Waals surface area contributed by atoms with E-state index in [1.54, 1.807) is 6.07 Å². The molecule has 110 valence electrons. The summed E-state index contributed by atoms with van der Waals surface area (Å²) in [6.45, 7) is 2.56. The van der Waals surface area contributed by atoms with Crippen LogP contribution < -0.4 is 15.2 Å². The Morgan fingerprint density at radius 2 is 2.14 bits per heavy atom. The molecule has 0 spiro atoms. The van der Waals surface area contributed by atoms with Gasteiger partial charge in [0, 0.05) is 24.1 Å². The summed E-state index contributed by atoms with van der Waals surface area (Å²) < 4.78 is 24.8. The van der Waals surface area contributed by atoms with E-state index in [0.29, 0.717) is 18.8 Å². The van der Waals surface area contributed by atoms with E-state index in [1.807, 2.05) is 31.2 Å². The summed E-state index contributed by atoms with van der Waals surface area (Å²) in [5.41, 5.74) is 8.03. The van der Waals surface area contributed by atoms with Crippen LogP contribution in [0.3, 0.4) is 0 Å². The molecule has 21 heavy (non-hydrogen) atoms. The molecule has 1 heterocycles. The molecule has 2 atom stereocenters. The SMILES string of the molecule is CCOc1cccc(C2CC(N)c3ccc(F)cc3O2)c1. The fourth-order valence-electron chi connectivity index (χ4n) is 2.65. The van der Waals surface area contributed by atoms with Crippen molar-refractivity contribution in [3.05, 3.63) is 59.4 Å². The Morgan fingerprint density at radius 1 is 1.29 bits per heavy atom. The maximum absolute atomic E-state index is 13.4. The molecule has 0 aliphatic carbocycles. The summed E-state index contributed by atoms with van der Waals surface area (Å²) >= 11 is 0. The third-order valence-electron chi connectivity index (χ3n) is 3.65. The highest BCUT2D eigenvalue weighted by molar-refractivity contribution is 5.40. The number of hydrogen-bond donors (Lipinski definition) is 1. The number of hydrogen-bond acceptors (Lipinski definition) is 3. The number of nitrogens with two attached hydrogens (primary N) is 1. The number of rotatable bonds is 3. The molecule has 2 aromatic rings. The zero-order valence-electron chi connectivity index (χ0n) is 11.9. The van der Waals surface area contributed by atoms with Crippen LogP contribution in [0.1, 0.15) is 36.6 Å². The number of halogens is 1. The van der Waals surface area contributed by atoms with Crippen LogP contribution in [0.2, 0.25) is 0 Å². The summed E-state index contributed by atoms with van der Waals surface area (Å²) in [4.78, 5) is 0. The van der Waals surface area contributed by atoms with Gasteiger partial charge in [-0.25, -0.2) is 4.39 Å². The zero-order chi connectivity index (χ0) is 14.8. The summed E-state index contributed by atoms with van der Waals surface area (Å²) in [5.74, 6) is 1.02. The first-order valence-electron chi connectivity index (χ1n) is 7.12. The number of benzene rings is 2. The van der Waals surface area contributed by atoms with E-state index in [-0.39, 0.29) is 18.0 Å². The standard InChI is InChI=1S/C17H18FNO2/c1-2-20-13-5-3-4-11(8-13)16-10-15(19)14-7-6-12(18)9-17(14)21-16/h3-9,15-16H,2,10,19H2,1H3. The lowest BCUT2D eigenvalue weighted by Gasteiger charge is -2.30. The van der Waals surface area contributed by atoms with Gasteiger partial charge in [0.2, 0.25) is 0 Å². The van der Waals surface area contributed by atoms with Gasteiger partial charge in [0.05, 0.1) is 6.61 Å². The Bertz CT molecular complexity index is 644. The molecule has 1 aliphatic heterocycles. The maximum Gasteiger partial charge on any atom is 0.127 e. The van der Waals surface area contributed by atoms with Gasteiger partial charge >= 0.3 is 0 Å². The highest BCUT2D eigenvalue weighted by atomic mass is 19.1. The van der Waals surface area contributed by atoms with Gasteiger partial charge in [0.25, 0.3) is 0 Å². The van der Waals surface area contributed by atoms with Crippen molar-refractivity contribution in [1.29, 1.82) is 0 Å². The van der Waals surface area contributed by atoms with Gasteiger partial charge in [-0.3, -0.25) is 0 Å². The molecule has 0 saturated carbocycles. The first kappa shape index (κ1) is 13.9. The predicted octanol–water partition coefficient (Wildman–Crippen LogP) is 3.75. The van der Waals surface area contributed by atoms with Crippen LogP contribution in [0.15, 0.2) is 42.5 Å². The van der Waals surface area contributed by atoms with E-state index in [9.17, 15) is 4.39 Å². The van der Waals surface area contributed by atoms with Crippen LogP contribution >= 0.6 is 0 Å². The van der Waals surface area contributed by atoms with Crippen LogP contribution in [0.25, 0.3) is 0 Å². The number of fused-ring (bicyclic) bond motifs is 1. The minimum Gasteiger partial charge on any atom is -0.494 e. The van der Waals surface area contributed by atoms with Gasteiger partial charge in [0.15, 0.2) is 0 Å². The monoisotopic (exact) mass is 287 g/mol. The number of ether oxygens (including phenoxy) is 2. The smallest absolute Gasteiger partial charge is 0.127 e. The molecule has 0 bridgehead atoms. The zero-order valence-corrected chi connectivity index (χ0v) is 11.9. The van der Waals surface area contributed by atoms with E-state index >= 15 is 0 Å². The summed E-state index contributed by atoms with van der Waals surface area (Å²) in [6, 6.07) is 12.1. The third-order valence-corrected chi connectivity index (χ3v) is 3.65. The molecule has 3 rings (SSSR count). The van der Waals surface area contributed by atoms with Crippen molar-refractivity contribution in [2.24, 2.45) is 5.73 Å². The van der Waals surface area contributed by atoms with Gasteiger partial charge in [-0.15, -0.1) is 0 Å². The molecular weight excluding hydrogens is 269 g/mol. The van der Waals surface area contributed by atoms with E-state index < -0.39 is 0 Å². The lowest BCUT2D eigenvalue weighted by Crippen LogP contribution is -2.24. The van der Waals surface area contributed by atoms with E-state index in [0.717, 1.165) is 16.9 Å². The lowest BCUT2D eigenvalue weighted by atomic mass is 9.93. The summed E-state index contributed by atoms with van der Waals surface area (Å²) in [5, 5.41) is 0. The quantitative estimate of drug-likeness (QED) is 0.935. The Kier molecular flexibility index (Phi) is 3.80. The molecule has 0 radical (unpaired) electrons. The Hall–Kier alpha value is -2.07. The maximum atomic E-state index is 13.4. The molecule has 2 N–H and O–H groups in total. The molecular formula is C17H18FNO2. The average molecular weight is 287 g/mol. The van der Waals surface area contributed by atoms with Crippen LogP contribution in [-0.2, 0) is 0 Å². The highest BCUT2D eigenvalue weighted by Gasteiger charge is 2.27. The second kappa shape index (κ2) is 5.74. The van der Waals surface area contributed by atoms with Crippen molar-refractivity contribution in [2.75, 3.05) is 6.61 Å². The third kappa shape index (κ3) is 2.85. The second-order valence-corrected chi connectivity index (χ2v) is 5.14. The van der Waals surface area contributed by atoms with Crippen LogP contribution in [-0.4, -0.2) is 6.61 Å². The van der Waals surface area contributed by atoms with Crippen molar-refractivity contribution in [1.82, 2.24) is 0 Å². The molecule has 0 aromatic heterocycles. The van der Waals surface area contributed by atoms with Crippen molar-refractivity contribution in [3.8, 4) is 11.5 Å². The van der Waals surface area contributed by atoms with Gasteiger partial charge in [-0.05, 0) is 30.7 Å². The van der Waals surface area contributed by atoms with Gasteiger partial charge in [-0.1, -0.05) is 18.2 Å². The van der Waals surface area contributed by atoms with Crippen molar-refractivity contribution in [2.45, 2.75) is 25.5 Å². The van der Waals surface area contributed by atoms with Crippen LogP contribution in [0.4, 0.5) is 4.39 Å². The molecule has 0 amide bonds. The molecule has 0 fully saturated rings. The van der Waals surface area contributed by atoms with Crippen molar-refractivity contribution >= 4 is 0 Å². The molecule has 0 saturated heterocycles. The Labute approximate surface area is 123 Å². The summed E-state index contributed by atoms with van der Waals surface area (Å²) in [6.07, 6.45) is 0.475. The lowest BCUT2D eigenvalue weighted by molar-refractivity contribution is 0.160. The largest absolute Gasteiger partial charge is 0.494 e. The van der Waals surface area contributed by atoms with E-state index in [2.05, 4.69) is 0 Å². The van der Waals surface area contributed by atoms with Crippen molar-refractivity contribution in [3.63, 3.8) is 0 Å². The minimum absolute atomic E-state index is 0.157. The topological polar surface area (TPSA) is 44.5 Å². The predicted molar refractivity (Wildman–Crippen MR) is 78.9 cm³/mol. The van der Waals surface area contributed by atoms with Crippen LogP contribution in [0, 0.1) is 5.82 Å². The van der Waals surface area contributed by atoms with Crippen molar-refractivity contribution < 1.29 is 13.9 Å². The molecule has 3 nitrogen and oxygen atoms in total. The fraction of sp³-hybridized carbons (Fsp3) is 0.294. The average Bonchev–Trinajstić information content (AvgIpc) is 2.47. The van der Waals surface area contributed by atoms with E-state index in [1.165, 1.54) is 12.1 Å². The molecule has 4 heteroatoms. The minimum atomic E-state index is -0.315. The normalized spacial score (nSPS) is 20.5. The Morgan fingerprint density at radius 3 is 2.95 bits per heavy atom. The first-order chi connectivity index (χ1) is 10.2. The Balaban J connectivity index is 1.89. The second-order valence-electron chi connectivity index (χ2n) is 5.14. The van der Waals surface area contributed by atoms with E-state index in [4.69, 9.17) is 15.2 Å². The fourth-order valence-corrected chi connectivity index (χ4v) is 2.65. The van der Waals surface area contributed by atoms with Gasteiger partial charge in [0.1, 0.15) is 23.4 Å². The molecule has 1 aliphatic rings. The van der Waals surface area contributed by atoms with Gasteiger partial charge in [-0.2, -0.15) is 0 Å². The summed E-state index contributed by atoms with van der Waals surface area (Å²) in [7, 11) is 0. The van der Waals surface area contributed by atoms with Crippen LogP contribution in [0.5, 0.6) is 11.5 Å². The highest BCUT2D eigenvalue weighted by Crippen LogP contribution is 2.40.